The van der Waals surface area contributed by atoms with Gasteiger partial charge in [0.05, 0.1) is 24.3 Å². The molecule has 1 heterocycles. The third-order valence-corrected chi connectivity index (χ3v) is 5.38. The lowest BCUT2D eigenvalue weighted by Gasteiger charge is -2.25. The molecule has 7 nitrogen and oxygen atoms in total. The van der Waals surface area contributed by atoms with Crippen molar-refractivity contribution in [1.29, 1.82) is 0 Å². The summed E-state index contributed by atoms with van der Waals surface area (Å²) in [7, 11) is 1.43. The molecule has 0 spiro atoms. The normalized spacial score (nSPS) is 17.5. The van der Waals surface area contributed by atoms with Crippen LogP contribution in [0.2, 0.25) is 5.02 Å². The van der Waals surface area contributed by atoms with Crippen LogP contribution in [0.25, 0.3) is 5.76 Å². The second-order valence-electron chi connectivity index (χ2n) is 7.36. The molecule has 2 aromatic rings. The van der Waals surface area contributed by atoms with Gasteiger partial charge in [-0.1, -0.05) is 37.1 Å². The van der Waals surface area contributed by atoms with Crippen molar-refractivity contribution in [3.63, 3.8) is 0 Å². The van der Waals surface area contributed by atoms with Crippen molar-refractivity contribution in [2.24, 2.45) is 0 Å². The number of halogens is 1. The van der Waals surface area contributed by atoms with E-state index in [0.29, 0.717) is 29.3 Å². The molecule has 1 atom stereocenters. The summed E-state index contributed by atoms with van der Waals surface area (Å²) in [6.07, 6.45) is 1.49. The number of carbonyl (C=O) groups excluding carboxylic acids is 3. The second kappa shape index (κ2) is 9.87. The van der Waals surface area contributed by atoms with Crippen LogP contribution in [0, 0.1) is 0 Å². The first-order chi connectivity index (χ1) is 15.3. The zero-order valence-electron chi connectivity index (χ0n) is 18.1. The number of benzene rings is 2. The maximum Gasteiger partial charge on any atom is 0.308 e. The number of esters is 1. The molecule has 1 saturated heterocycles. The van der Waals surface area contributed by atoms with E-state index in [-0.39, 0.29) is 22.6 Å². The van der Waals surface area contributed by atoms with Crippen LogP contribution < -0.4 is 9.47 Å². The number of nitrogens with zero attached hydrogens (tertiary/aromatic N) is 1. The van der Waals surface area contributed by atoms with Crippen molar-refractivity contribution < 1.29 is 29.0 Å². The van der Waals surface area contributed by atoms with Crippen LogP contribution in [0.1, 0.15) is 43.9 Å². The van der Waals surface area contributed by atoms with Gasteiger partial charge in [-0.2, -0.15) is 0 Å². The fourth-order valence-electron chi connectivity index (χ4n) is 3.71. The zero-order valence-corrected chi connectivity index (χ0v) is 18.8. The van der Waals surface area contributed by atoms with E-state index in [9.17, 15) is 19.5 Å². The molecular weight excluding hydrogens is 434 g/mol. The molecule has 3 rings (SSSR count). The Hall–Kier alpha value is -3.32. The van der Waals surface area contributed by atoms with Crippen LogP contribution in [0.4, 0.5) is 0 Å². The van der Waals surface area contributed by atoms with Crippen LogP contribution in [0.3, 0.4) is 0 Å². The number of hydrogen-bond acceptors (Lipinski definition) is 6. The van der Waals surface area contributed by atoms with Crippen molar-refractivity contribution in [2.45, 2.75) is 32.7 Å². The predicted octanol–water partition coefficient (Wildman–Crippen LogP) is 4.50. The maximum atomic E-state index is 13.1. The van der Waals surface area contributed by atoms with Gasteiger partial charge in [0, 0.05) is 18.5 Å². The third kappa shape index (κ3) is 4.62. The van der Waals surface area contributed by atoms with E-state index >= 15 is 0 Å². The topological polar surface area (TPSA) is 93.1 Å². The van der Waals surface area contributed by atoms with Gasteiger partial charge in [0.2, 0.25) is 0 Å². The average molecular weight is 458 g/mol. The highest BCUT2D eigenvalue weighted by molar-refractivity contribution is 6.46. The number of likely N-dealkylation sites (tertiary alicyclic amines) is 1. The lowest BCUT2D eigenvalue weighted by Crippen LogP contribution is -2.30. The first kappa shape index (κ1) is 23.3. The van der Waals surface area contributed by atoms with Gasteiger partial charge >= 0.3 is 5.97 Å². The lowest BCUT2D eigenvalue weighted by atomic mass is 9.94. The minimum atomic E-state index is -0.860. The van der Waals surface area contributed by atoms with Crippen molar-refractivity contribution in [3.05, 3.63) is 64.2 Å². The third-order valence-electron chi connectivity index (χ3n) is 5.14. The number of amides is 1. The fraction of sp³-hybridized carbons (Fsp3) is 0.292. The molecule has 1 aliphatic rings. The minimum Gasteiger partial charge on any atom is -0.507 e. The second-order valence-corrected chi connectivity index (χ2v) is 7.79. The number of methoxy groups -OCH3 is 1. The van der Waals surface area contributed by atoms with Crippen molar-refractivity contribution in [2.75, 3.05) is 13.7 Å². The number of rotatable bonds is 7. The average Bonchev–Trinajstić information content (AvgIpc) is 3.01. The Morgan fingerprint density at radius 2 is 1.94 bits per heavy atom. The molecule has 1 N–H and O–H groups in total. The number of Topliss-reactive ketones (excluding diaryl/α,β-unsaturated/α-hetero) is 1. The highest BCUT2D eigenvalue weighted by Gasteiger charge is 2.46. The maximum absolute atomic E-state index is 13.1. The molecule has 32 heavy (non-hydrogen) atoms. The smallest absolute Gasteiger partial charge is 0.308 e. The standard InChI is InChI=1S/C24H24ClNO6/c1-4-5-11-26-21(15-7-6-8-17(12-15)32-14(2)27)20(23(29)24(26)30)22(28)18-13-16(25)9-10-19(18)31-3/h6-10,12-13,21,28H,4-5,11H2,1-3H3/b22-20+. The molecular formula is C24H24ClNO6. The van der Waals surface area contributed by atoms with Crippen LogP contribution in [0.5, 0.6) is 11.5 Å². The van der Waals surface area contributed by atoms with E-state index in [2.05, 4.69) is 0 Å². The van der Waals surface area contributed by atoms with E-state index in [1.807, 2.05) is 6.92 Å². The predicted molar refractivity (Wildman–Crippen MR) is 120 cm³/mol. The van der Waals surface area contributed by atoms with Crippen molar-refractivity contribution in [1.82, 2.24) is 4.90 Å². The molecule has 1 aliphatic heterocycles. The van der Waals surface area contributed by atoms with E-state index in [1.165, 1.54) is 25.0 Å². The Morgan fingerprint density at radius 3 is 2.59 bits per heavy atom. The summed E-state index contributed by atoms with van der Waals surface area (Å²) in [6.45, 7) is 3.59. The molecule has 0 radical (unpaired) electrons. The molecule has 8 heteroatoms. The molecule has 168 valence electrons. The molecule has 2 aromatic carbocycles. The van der Waals surface area contributed by atoms with Gasteiger partial charge < -0.3 is 19.5 Å². The summed E-state index contributed by atoms with van der Waals surface area (Å²) >= 11 is 6.11. The summed E-state index contributed by atoms with van der Waals surface area (Å²) in [5.74, 6) is -1.81. The molecule has 1 unspecified atom stereocenters. The Bertz CT molecular complexity index is 1090. The van der Waals surface area contributed by atoms with E-state index < -0.39 is 23.7 Å². The summed E-state index contributed by atoms with van der Waals surface area (Å²) in [6, 6.07) is 10.3. The SMILES string of the molecule is CCCCN1C(=O)C(=O)/C(=C(/O)c2cc(Cl)ccc2OC)C1c1cccc(OC(C)=O)c1. The Balaban J connectivity index is 2.22. The number of aliphatic hydroxyl groups is 1. The fourth-order valence-corrected chi connectivity index (χ4v) is 3.88. The first-order valence-electron chi connectivity index (χ1n) is 10.2. The largest absolute Gasteiger partial charge is 0.507 e. The van der Waals surface area contributed by atoms with Gasteiger partial charge in [0.25, 0.3) is 11.7 Å². The summed E-state index contributed by atoms with van der Waals surface area (Å²) < 4.78 is 10.5. The van der Waals surface area contributed by atoms with Crippen LogP contribution in [-0.2, 0) is 14.4 Å². The van der Waals surface area contributed by atoms with Gasteiger partial charge in [-0.25, -0.2) is 0 Å². The molecule has 0 aliphatic carbocycles. The lowest BCUT2D eigenvalue weighted by molar-refractivity contribution is -0.139. The summed E-state index contributed by atoms with van der Waals surface area (Å²) in [5, 5.41) is 11.5. The summed E-state index contributed by atoms with van der Waals surface area (Å²) in [5.41, 5.74) is 0.655. The number of unbranched alkanes of at least 4 members (excludes halogenated alkanes) is 1. The van der Waals surface area contributed by atoms with E-state index in [4.69, 9.17) is 21.1 Å². The minimum absolute atomic E-state index is 0.0772. The molecule has 0 bridgehead atoms. The molecule has 1 fully saturated rings. The quantitative estimate of drug-likeness (QED) is 0.216. The number of aliphatic hydroxyl groups excluding tert-OH is 1. The van der Waals surface area contributed by atoms with Crippen molar-refractivity contribution in [3.8, 4) is 11.5 Å². The van der Waals surface area contributed by atoms with E-state index in [1.54, 1.807) is 36.4 Å². The highest BCUT2D eigenvalue weighted by Crippen LogP contribution is 2.42. The van der Waals surface area contributed by atoms with Gasteiger partial charge in [-0.15, -0.1) is 0 Å². The van der Waals surface area contributed by atoms with E-state index in [0.717, 1.165) is 6.42 Å². The van der Waals surface area contributed by atoms with Crippen molar-refractivity contribution >= 4 is 35.0 Å². The molecule has 1 amide bonds. The Kier molecular flexibility index (Phi) is 7.20. The first-order valence-corrected chi connectivity index (χ1v) is 10.6. The molecule has 0 saturated carbocycles. The number of carbonyl (C=O) groups is 3. The Morgan fingerprint density at radius 1 is 1.19 bits per heavy atom. The van der Waals surface area contributed by atoms with Gasteiger partial charge in [-0.3, -0.25) is 14.4 Å². The van der Waals surface area contributed by atoms with Gasteiger partial charge in [-0.05, 0) is 42.3 Å². The summed E-state index contributed by atoms with van der Waals surface area (Å²) in [4.78, 5) is 38.8. The van der Waals surface area contributed by atoms with Gasteiger partial charge in [0.1, 0.15) is 17.3 Å². The van der Waals surface area contributed by atoms with Gasteiger partial charge in [0.15, 0.2) is 0 Å². The number of hydrogen-bond donors (Lipinski definition) is 1. The highest BCUT2D eigenvalue weighted by atomic mass is 35.5. The number of ketones is 1. The Labute approximate surface area is 191 Å². The zero-order chi connectivity index (χ0) is 23.4. The molecule has 0 aromatic heterocycles. The van der Waals surface area contributed by atoms with Crippen LogP contribution in [0.15, 0.2) is 48.0 Å². The number of ether oxygens (including phenoxy) is 2. The van der Waals surface area contributed by atoms with Crippen LogP contribution in [-0.4, -0.2) is 41.3 Å². The monoisotopic (exact) mass is 457 g/mol. The van der Waals surface area contributed by atoms with Crippen LogP contribution >= 0.6 is 11.6 Å².